The molecule has 0 bridgehead atoms. The van der Waals surface area contributed by atoms with Crippen LogP contribution in [0.25, 0.3) is 11.0 Å². The van der Waals surface area contributed by atoms with E-state index in [9.17, 15) is 9.59 Å². The number of H-pyrrole nitrogens is 1. The van der Waals surface area contributed by atoms with Crippen LogP contribution in [0.15, 0.2) is 23.0 Å². The van der Waals surface area contributed by atoms with Gasteiger partial charge in [-0.25, -0.2) is 9.59 Å². The Morgan fingerprint density at radius 2 is 2.05 bits per heavy atom. The van der Waals surface area contributed by atoms with E-state index >= 15 is 0 Å². The molecule has 2 N–H and O–H groups in total. The van der Waals surface area contributed by atoms with E-state index < -0.39 is 6.09 Å². The van der Waals surface area contributed by atoms with Gasteiger partial charge in [0, 0.05) is 19.1 Å². The Labute approximate surface area is 119 Å². The lowest BCUT2D eigenvalue weighted by Crippen LogP contribution is -2.39. The first kappa shape index (κ1) is 13.1. The first-order chi connectivity index (χ1) is 9.58. The maximum absolute atomic E-state index is 12.1. The van der Waals surface area contributed by atoms with Gasteiger partial charge in [0.1, 0.15) is 0 Å². The summed E-state index contributed by atoms with van der Waals surface area (Å²) in [5.41, 5.74) is 1.22. The number of piperidine rings is 1. The number of nitrogens with one attached hydrogen (secondary N) is 1. The minimum Gasteiger partial charge on any atom is -0.465 e. The maximum Gasteiger partial charge on any atom is 0.407 e. The fourth-order valence-electron chi connectivity index (χ4n) is 2.79. The fraction of sp³-hybridized carbons (Fsp3) is 0.385. The van der Waals surface area contributed by atoms with Gasteiger partial charge < -0.3 is 15.0 Å². The summed E-state index contributed by atoms with van der Waals surface area (Å²) in [5.74, 6) is 0. The number of fused-ring (bicyclic) bond motifs is 1. The van der Waals surface area contributed by atoms with Crippen LogP contribution in [0.4, 0.5) is 4.79 Å². The van der Waals surface area contributed by atoms with E-state index in [4.69, 9.17) is 16.7 Å². The number of aromatic amines is 1. The van der Waals surface area contributed by atoms with E-state index in [1.807, 2.05) is 6.07 Å². The minimum absolute atomic E-state index is 0.00492. The minimum atomic E-state index is -0.905. The van der Waals surface area contributed by atoms with Crippen molar-refractivity contribution in [2.45, 2.75) is 18.9 Å². The first-order valence-electron chi connectivity index (χ1n) is 6.44. The van der Waals surface area contributed by atoms with Crippen LogP contribution in [0, 0.1) is 0 Å². The molecule has 1 aliphatic rings. The van der Waals surface area contributed by atoms with Crippen molar-refractivity contribution >= 4 is 28.7 Å². The maximum atomic E-state index is 12.1. The molecular weight excluding hydrogens is 282 g/mol. The number of hydrogen-bond donors (Lipinski definition) is 2. The van der Waals surface area contributed by atoms with Gasteiger partial charge in [-0.3, -0.25) is 4.57 Å². The molecule has 0 atom stereocenters. The molecule has 1 aromatic carbocycles. The number of para-hydroxylation sites is 1. The van der Waals surface area contributed by atoms with E-state index in [-0.39, 0.29) is 11.7 Å². The van der Waals surface area contributed by atoms with Crippen LogP contribution in [-0.4, -0.2) is 38.7 Å². The summed E-state index contributed by atoms with van der Waals surface area (Å²) in [6.07, 6.45) is 0.356. The van der Waals surface area contributed by atoms with Crippen molar-refractivity contribution in [3.63, 3.8) is 0 Å². The number of hydrogen-bond acceptors (Lipinski definition) is 2. The van der Waals surface area contributed by atoms with Crippen LogP contribution in [0.5, 0.6) is 0 Å². The number of carboxylic acid groups (broad SMARTS) is 1. The third-order valence-corrected chi connectivity index (χ3v) is 4.12. The van der Waals surface area contributed by atoms with Crippen LogP contribution in [-0.2, 0) is 0 Å². The van der Waals surface area contributed by atoms with Crippen molar-refractivity contribution in [2.75, 3.05) is 13.1 Å². The Hall–Kier alpha value is -1.95. The molecule has 7 heteroatoms. The molecule has 0 saturated carbocycles. The average molecular weight is 296 g/mol. The highest BCUT2D eigenvalue weighted by molar-refractivity contribution is 6.34. The second-order valence-corrected chi connectivity index (χ2v) is 5.34. The number of amides is 1. The third-order valence-electron chi connectivity index (χ3n) is 3.80. The Kier molecular flexibility index (Phi) is 3.17. The molecule has 106 valence electrons. The van der Waals surface area contributed by atoms with Crippen molar-refractivity contribution < 1.29 is 9.90 Å². The van der Waals surface area contributed by atoms with E-state index in [1.165, 1.54) is 4.90 Å². The van der Waals surface area contributed by atoms with E-state index in [0.29, 0.717) is 36.5 Å². The van der Waals surface area contributed by atoms with Crippen molar-refractivity contribution in [2.24, 2.45) is 0 Å². The monoisotopic (exact) mass is 295 g/mol. The number of nitrogens with zero attached hydrogens (tertiary/aromatic N) is 2. The molecule has 3 rings (SSSR count). The van der Waals surface area contributed by atoms with E-state index in [2.05, 4.69) is 4.98 Å². The topological polar surface area (TPSA) is 78.3 Å². The largest absolute Gasteiger partial charge is 0.465 e. The van der Waals surface area contributed by atoms with Crippen LogP contribution < -0.4 is 5.69 Å². The summed E-state index contributed by atoms with van der Waals surface area (Å²) in [5, 5.41) is 9.47. The number of benzene rings is 1. The Balaban J connectivity index is 1.96. The molecule has 0 aliphatic carbocycles. The number of likely N-dealkylation sites (tertiary alicyclic amines) is 1. The SMILES string of the molecule is O=C(O)N1CCC(n2c(=O)[nH]c3c(Cl)cccc32)CC1. The molecule has 2 heterocycles. The van der Waals surface area contributed by atoms with E-state index in [1.54, 1.807) is 16.7 Å². The van der Waals surface area contributed by atoms with Gasteiger partial charge in [-0.15, -0.1) is 0 Å². The number of rotatable bonds is 1. The van der Waals surface area contributed by atoms with Crippen LogP contribution in [0.2, 0.25) is 5.02 Å². The fourth-order valence-corrected chi connectivity index (χ4v) is 3.01. The summed E-state index contributed by atoms with van der Waals surface area (Å²) in [6.45, 7) is 0.888. The van der Waals surface area contributed by atoms with Gasteiger partial charge >= 0.3 is 11.8 Å². The molecule has 0 spiro atoms. The highest BCUT2D eigenvalue weighted by Gasteiger charge is 2.25. The van der Waals surface area contributed by atoms with Crippen molar-refractivity contribution in [3.8, 4) is 0 Å². The Bertz CT molecular complexity index is 713. The van der Waals surface area contributed by atoms with Crippen molar-refractivity contribution in [1.29, 1.82) is 0 Å². The first-order valence-corrected chi connectivity index (χ1v) is 6.82. The number of aromatic nitrogens is 2. The lowest BCUT2D eigenvalue weighted by Gasteiger charge is -2.30. The quantitative estimate of drug-likeness (QED) is 0.847. The standard InChI is InChI=1S/C13H14ClN3O3/c14-9-2-1-3-10-11(9)15-12(18)17(10)8-4-6-16(7-5-8)13(19)20/h1-3,8H,4-7H2,(H,15,18)(H,19,20). The lowest BCUT2D eigenvalue weighted by molar-refractivity contribution is 0.125. The Morgan fingerprint density at radius 3 is 2.70 bits per heavy atom. The van der Waals surface area contributed by atoms with Crippen LogP contribution in [0.3, 0.4) is 0 Å². The van der Waals surface area contributed by atoms with Gasteiger partial charge in [0.25, 0.3) is 0 Å². The molecule has 1 aliphatic heterocycles. The molecule has 1 amide bonds. The van der Waals surface area contributed by atoms with E-state index in [0.717, 1.165) is 5.52 Å². The number of carbonyl (C=O) groups is 1. The Morgan fingerprint density at radius 1 is 1.35 bits per heavy atom. The molecule has 2 aromatic rings. The highest BCUT2D eigenvalue weighted by atomic mass is 35.5. The molecular formula is C13H14ClN3O3. The molecule has 0 unspecified atom stereocenters. The van der Waals surface area contributed by atoms with Gasteiger partial charge in [-0.2, -0.15) is 0 Å². The lowest BCUT2D eigenvalue weighted by atomic mass is 10.1. The molecule has 20 heavy (non-hydrogen) atoms. The molecule has 6 nitrogen and oxygen atoms in total. The summed E-state index contributed by atoms with van der Waals surface area (Å²) < 4.78 is 1.69. The van der Waals surface area contributed by atoms with Gasteiger partial charge in [-0.05, 0) is 25.0 Å². The zero-order chi connectivity index (χ0) is 14.3. The summed E-state index contributed by atoms with van der Waals surface area (Å²) >= 11 is 6.08. The number of halogens is 1. The van der Waals surface area contributed by atoms with Crippen LogP contribution >= 0.6 is 11.6 Å². The second-order valence-electron chi connectivity index (χ2n) is 4.93. The predicted molar refractivity (Wildman–Crippen MR) is 75.4 cm³/mol. The smallest absolute Gasteiger partial charge is 0.407 e. The van der Waals surface area contributed by atoms with Gasteiger partial charge in [0.15, 0.2) is 0 Å². The summed E-state index contributed by atoms with van der Waals surface area (Å²) in [6, 6.07) is 5.39. The van der Waals surface area contributed by atoms with Gasteiger partial charge in [0.2, 0.25) is 0 Å². The van der Waals surface area contributed by atoms with Gasteiger partial charge in [-0.1, -0.05) is 17.7 Å². The third kappa shape index (κ3) is 2.06. The second kappa shape index (κ2) is 4.86. The molecule has 1 saturated heterocycles. The van der Waals surface area contributed by atoms with Crippen molar-refractivity contribution in [1.82, 2.24) is 14.5 Å². The molecule has 0 radical (unpaired) electrons. The molecule has 1 fully saturated rings. The normalized spacial score (nSPS) is 16.8. The summed E-state index contributed by atoms with van der Waals surface area (Å²) in [7, 11) is 0. The zero-order valence-corrected chi connectivity index (χ0v) is 11.4. The predicted octanol–water partition coefficient (Wildman–Crippen LogP) is 2.30. The summed E-state index contributed by atoms with van der Waals surface area (Å²) in [4.78, 5) is 27.2. The number of imidazole rings is 1. The van der Waals surface area contributed by atoms with Crippen molar-refractivity contribution in [3.05, 3.63) is 33.7 Å². The van der Waals surface area contributed by atoms with Crippen LogP contribution in [0.1, 0.15) is 18.9 Å². The highest BCUT2D eigenvalue weighted by Crippen LogP contribution is 2.27. The van der Waals surface area contributed by atoms with Gasteiger partial charge in [0.05, 0.1) is 16.1 Å². The average Bonchev–Trinajstić information content (AvgIpc) is 2.77. The zero-order valence-electron chi connectivity index (χ0n) is 10.7. The molecule has 1 aromatic heterocycles.